The molecule has 1 heterocycles. The van der Waals surface area contributed by atoms with Gasteiger partial charge in [0.2, 0.25) is 15.9 Å². The molecule has 23 heavy (non-hydrogen) atoms. The minimum absolute atomic E-state index is 0.234. The normalized spacial score (nSPS) is 13.3. The SMILES string of the molecule is CCc1ccc(S(=O)(=O)NC(C)c2nc3ccccc3o2)cc1. The fraction of sp³-hybridized carbons (Fsp3) is 0.235. The highest BCUT2D eigenvalue weighted by molar-refractivity contribution is 7.89. The van der Waals surface area contributed by atoms with Gasteiger partial charge in [-0.05, 0) is 43.2 Å². The number of oxazole rings is 1. The van der Waals surface area contributed by atoms with Gasteiger partial charge in [0.25, 0.3) is 0 Å². The molecule has 2 aromatic carbocycles. The fourth-order valence-electron chi connectivity index (χ4n) is 2.33. The van der Waals surface area contributed by atoms with Crippen molar-refractivity contribution in [3.05, 3.63) is 60.0 Å². The molecule has 6 heteroatoms. The van der Waals surface area contributed by atoms with Crippen LogP contribution in [0.3, 0.4) is 0 Å². The molecule has 0 bridgehead atoms. The molecule has 0 aliphatic heterocycles. The van der Waals surface area contributed by atoms with Crippen molar-refractivity contribution < 1.29 is 12.8 Å². The van der Waals surface area contributed by atoms with Crippen molar-refractivity contribution in [2.45, 2.75) is 31.2 Å². The summed E-state index contributed by atoms with van der Waals surface area (Å²) in [7, 11) is -3.62. The molecule has 0 fully saturated rings. The maximum absolute atomic E-state index is 12.5. The highest BCUT2D eigenvalue weighted by Gasteiger charge is 2.21. The largest absolute Gasteiger partial charge is 0.439 e. The summed E-state index contributed by atoms with van der Waals surface area (Å²) in [6, 6.07) is 13.6. The van der Waals surface area contributed by atoms with E-state index in [0.29, 0.717) is 17.0 Å². The Balaban J connectivity index is 1.83. The van der Waals surface area contributed by atoms with E-state index >= 15 is 0 Å². The van der Waals surface area contributed by atoms with Crippen molar-refractivity contribution in [2.24, 2.45) is 0 Å². The molecule has 5 nitrogen and oxygen atoms in total. The van der Waals surface area contributed by atoms with E-state index in [1.54, 1.807) is 25.1 Å². The first kappa shape index (κ1) is 15.7. The van der Waals surface area contributed by atoms with Crippen LogP contribution in [0.2, 0.25) is 0 Å². The van der Waals surface area contributed by atoms with Crippen LogP contribution in [-0.2, 0) is 16.4 Å². The monoisotopic (exact) mass is 330 g/mol. The number of hydrogen-bond donors (Lipinski definition) is 1. The third kappa shape index (κ3) is 3.28. The second kappa shape index (κ2) is 6.14. The summed E-state index contributed by atoms with van der Waals surface area (Å²) < 4.78 is 33.1. The van der Waals surface area contributed by atoms with Crippen LogP contribution in [0.5, 0.6) is 0 Å². The van der Waals surface area contributed by atoms with Crippen LogP contribution in [0.4, 0.5) is 0 Å². The first-order valence-corrected chi connectivity index (χ1v) is 8.94. The first-order valence-electron chi connectivity index (χ1n) is 7.46. The van der Waals surface area contributed by atoms with E-state index in [0.717, 1.165) is 12.0 Å². The van der Waals surface area contributed by atoms with Gasteiger partial charge in [-0.15, -0.1) is 0 Å². The Bertz CT molecular complexity index is 881. The molecule has 0 saturated heterocycles. The zero-order chi connectivity index (χ0) is 16.4. The van der Waals surface area contributed by atoms with E-state index in [9.17, 15) is 8.42 Å². The van der Waals surface area contributed by atoms with Gasteiger partial charge >= 0.3 is 0 Å². The number of fused-ring (bicyclic) bond motifs is 1. The quantitative estimate of drug-likeness (QED) is 0.778. The Hall–Kier alpha value is -2.18. The summed E-state index contributed by atoms with van der Waals surface area (Å²) in [5, 5.41) is 0. The van der Waals surface area contributed by atoms with E-state index in [1.165, 1.54) is 0 Å². The zero-order valence-corrected chi connectivity index (χ0v) is 13.8. The molecule has 1 aromatic heterocycles. The van der Waals surface area contributed by atoms with E-state index < -0.39 is 16.1 Å². The lowest BCUT2D eigenvalue weighted by Gasteiger charge is -2.11. The maximum Gasteiger partial charge on any atom is 0.241 e. The number of nitrogens with zero attached hydrogens (tertiary/aromatic N) is 1. The molecule has 0 amide bonds. The number of sulfonamides is 1. The Morgan fingerprint density at radius 3 is 2.48 bits per heavy atom. The minimum atomic E-state index is -3.62. The molecule has 0 aliphatic rings. The van der Waals surface area contributed by atoms with Gasteiger partial charge in [0.1, 0.15) is 5.52 Å². The van der Waals surface area contributed by atoms with Crippen molar-refractivity contribution in [2.75, 3.05) is 0 Å². The molecule has 0 spiro atoms. The molecular weight excluding hydrogens is 312 g/mol. The lowest BCUT2D eigenvalue weighted by Crippen LogP contribution is -2.27. The van der Waals surface area contributed by atoms with E-state index in [4.69, 9.17) is 4.42 Å². The molecule has 3 aromatic rings. The van der Waals surface area contributed by atoms with Crippen molar-refractivity contribution >= 4 is 21.1 Å². The number of benzene rings is 2. The van der Waals surface area contributed by atoms with Gasteiger partial charge in [-0.25, -0.2) is 13.4 Å². The van der Waals surface area contributed by atoms with Crippen LogP contribution in [-0.4, -0.2) is 13.4 Å². The van der Waals surface area contributed by atoms with E-state index in [2.05, 4.69) is 9.71 Å². The molecule has 1 atom stereocenters. The number of para-hydroxylation sites is 2. The van der Waals surface area contributed by atoms with Gasteiger partial charge in [-0.3, -0.25) is 0 Å². The Morgan fingerprint density at radius 2 is 1.83 bits per heavy atom. The molecule has 1 N–H and O–H groups in total. The average Bonchev–Trinajstić information content (AvgIpc) is 2.99. The van der Waals surface area contributed by atoms with Crippen LogP contribution < -0.4 is 4.72 Å². The third-order valence-electron chi connectivity index (χ3n) is 3.65. The summed E-state index contributed by atoms with van der Waals surface area (Å²) in [6.07, 6.45) is 0.868. The fourth-order valence-corrected chi connectivity index (χ4v) is 3.53. The minimum Gasteiger partial charge on any atom is -0.439 e. The van der Waals surface area contributed by atoms with Gasteiger partial charge in [0.15, 0.2) is 5.58 Å². The standard InChI is InChI=1S/C17H18N2O3S/c1-3-13-8-10-14(11-9-13)23(20,21)19-12(2)17-18-15-6-4-5-7-16(15)22-17/h4-12,19H,3H2,1-2H3. The Morgan fingerprint density at radius 1 is 1.13 bits per heavy atom. The van der Waals surface area contributed by atoms with Crippen LogP contribution >= 0.6 is 0 Å². The number of aromatic nitrogens is 1. The van der Waals surface area contributed by atoms with Crippen molar-refractivity contribution in [1.29, 1.82) is 0 Å². The van der Waals surface area contributed by atoms with Gasteiger partial charge in [-0.1, -0.05) is 31.2 Å². The average molecular weight is 330 g/mol. The summed E-state index contributed by atoms with van der Waals surface area (Å²) >= 11 is 0. The second-order valence-corrected chi connectivity index (χ2v) is 7.07. The van der Waals surface area contributed by atoms with Crippen LogP contribution in [0.15, 0.2) is 57.8 Å². The van der Waals surface area contributed by atoms with Crippen LogP contribution in [0, 0.1) is 0 Å². The van der Waals surface area contributed by atoms with Gasteiger partial charge in [0, 0.05) is 0 Å². The lowest BCUT2D eigenvalue weighted by molar-refractivity contribution is 0.467. The number of hydrogen-bond acceptors (Lipinski definition) is 4. The van der Waals surface area contributed by atoms with E-state index in [-0.39, 0.29) is 4.90 Å². The maximum atomic E-state index is 12.5. The number of rotatable bonds is 5. The highest BCUT2D eigenvalue weighted by atomic mass is 32.2. The second-order valence-electron chi connectivity index (χ2n) is 5.36. The summed E-state index contributed by atoms with van der Waals surface area (Å²) in [6.45, 7) is 3.74. The number of nitrogens with one attached hydrogen (secondary N) is 1. The summed E-state index contributed by atoms with van der Waals surface area (Å²) in [5.41, 5.74) is 2.44. The van der Waals surface area contributed by atoms with Crippen molar-refractivity contribution in [1.82, 2.24) is 9.71 Å². The van der Waals surface area contributed by atoms with Crippen molar-refractivity contribution in [3.63, 3.8) is 0 Å². The van der Waals surface area contributed by atoms with Gasteiger partial charge in [0.05, 0.1) is 10.9 Å². The smallest absolute Gasteiger partial charge is 0.241 e. The molecule has 0 saturated carbocycles. The predicted molar refractivity (Wildman–Crippen MR) is 88.6 cm³/mol. The predicted octanol–water partition coefficient (Wildman–Crippen LogP) is 3.43. The van der Waals surface area contributed by atoms with Gasteiger partial charge < -0.3 is 4.42 Å². The Kier molecular flexibility index (Phi) is 4.19. The zero-order valence-electron chi connectivity index (χ0n) is 13.0. The first-order chi connectivity index (χ1) is 11.0. The highest BCUT2D eigenvalue weighted by Crippen LogP contribution is 2.21. The molecular formula is C17H18N2O3S. The van der Waals surface area contributed by atoms with Gasteiger partial charge in [-0.2, -0.15) is 4.72 Å². The van der Waals surface area contributed by atoms with Crippen molar-refractivity contribution in [3.8, 4) is 0 Å². The molecule has 1 unspecified atom stereocenters. The van der Waals surface area contributed by atoms with Crippen LogP contribution in [0.1, 0.15) is 31.3 Å². The summed E-state index contributed by atoms with van der Waals surface area (Å²) in [4.78, 5) is 4.56. The molecule has 0 radical (unpaired) electrons. The molecule has 3 rings (SSSR count). The van der Waals surface area contributed by atoms with Crippen LogP contribution in [0.25, 0.3) is 11.1 Å². The lowest BCUT2D eigenvalue weighted by atomic mass is 10.2. The number of aryl methyl sites for hydroxylation is 1. The molecule has 120 valence electrons. The summed E-state index contributed by atoms with van der Waals surface area (Å²) in [5.74, 6) is 0.347. The molecule has 0 aliphatic carbocycles. The topological polar surface area (TPSA) is 72.2 Å². The Labute approximate surface area is 135 Å². The third-order valence-corrected chi connectivity index (χ3v) is 5.21. The van der Waals surface area contributed by atoms with E-state index in [1.807, 2.05) is 37.3 Å².